The van der Waals surface area contributed by atoms with Crippen molar-refractivity contribution in [2.45, 2.75) is 19.6 Å². The Morgan fingerprint density at radius 2 is 0.737 bits per heavy atom. The molecule has 0 unspecified atom stereocenters. The number of sulfonamides is 4. The molecule has 0 radical (unpaired) electrons. The van der Waals surface area contributed by atoms with Gasteiger partial charge in [-0.2, -0.15) is 0 Å². The van der Waals surface area contributed by atoms with Crippen LogP contribution in [0.3, 0.4) is 0 Å². The first-order valence-electron chi connectivity index (χ1n) is 10.2. The SMILES string of the molecule is O=S(=O)(NS(=O)(=O)c1cccc2c(S(=O)(=O)NS(=O)(=O)c3ccc(Cl)cc3)cccc12)c1ccc(Cl)cc1. The molecule has 0 bridgehead atoms. The first-order chi connectivity index (χ1) is 17.6. The Balaban J connectivity index is 1.77. The molecule has 4 aromatic carbocycles. The van der Waals surface area contributed by atoms with E-state index in [2.05, 4.69) is 0 Å². The summed E-state index contributed by atoms with van der Waals surface area (Å²) in [6, 6.07) is 16.6. The van der Waals surface area contributed by atoms with Crippen molar-refractivity contribution in [2.75, 3.05) is 0 Å². The maximum Gasteiger partial charge on any atom is 0.254 e. The Morgan fingerprint density at radius 1 is 0.421 bits per heavy atom. The highest BCUT2D eigenvalue weighted by Crippen LogP contribution is 2.30. The first kappa shape index (κ1) is 28.4. The number of nitrogens with one attached hydrogen (secondary N) is 2. The topological polar surface area (TPSA) is 161 Å². The van der Waals surface area contributed by atoms with Crippen molar-refractivity contribution in [1.82, 2.24) is 8.25 Å². The average molecular weight is 636 g/mol. The molecule has 0 aliphatic carbocycles. The van der Waals surface area contributed by atoms with Gasteiger partial charge in [0.25, 0.3) is 40.1 Å². The number of hydrogen-bond acceptors (Lipinski definition) is 8. The van der Waals surface area contributed by atoms with Crippen LogP contribution >= 0.6 is 23.2 Å². The summed E-state index contributed by atoms with van der Waals surface area (Å²) in [6.45, 7) is 0. The third-order valence-electron chi connectivity index (χ3n) is 5.11. The summed E-state index contributed by atoms with van der Waals surface area (Å²) >= 11 is 11.5. The van der Waals surface area contributed by atoms with E-state index in [0.717, 1.165) is 36.4 Å². The summed E-state index contributed by atoms with van der Waals surface area (Å²) in [4.78, 5) is -1.84. The molecule has 0 aromatic heterocycles. The van der Waals surface area contributed by atoms with Gasteiger partial charge >= 0.3 is 0 Å². The molecular formula is C22H16Cl2N2O8S4. The third kappa shape index (κ3) is 5.87. The second kappa shape index (κ2) is 10.2. The van der Waals surface area contributed by atoms with E-state index < -0.39 is 49.9 Å². The smallest absolute Gasteiger partial charge is 0.206 e. The highest BCUT2D eigenvalue weighted by Gasteiger charge is 2.29. The predicted octanol–water partition coefficient (Wildman–Crippen LogP) is 3.48. The van der Waals surface area contributed by atoms with Crippen molar-refractivity contribution in [3.8, 4) is 0 Å². The van der Waals surface area contributed by atoms with Crippen LogP contribution in [0.4, 0.5) is 0 Å². The summed E-state index contributed by atoms with van der Waals surface area (Å²) in [5.74, 6) is 0. The zero-order valence-corrected chi connectivity index (χ0v) is 23.5. The van der Waals surface area contributed by atoms with E-state index in [1.165, 1.54) is 48.5 Å². The number of hydrogen-bond donors (Lipinski definition) is 2. The third-order valence-corrected chi connectivity index (χ3v) is 12.8. The highest BCUT2D eigenvalue weighted by molar-refractivity contribution is 8.05. The van der Waals surface area contributed by atoms with Gasteiger partial charge in [0, 0.05) is 20.8 Å². The van der Waals surface area contributed by atoms with E-state index >= 15 is 0 Å². The van der Waals surface area contributed by atoms with E-state index in [9.17, 15) is 33.7 Å². The molecule has 200 valence electrons. The summed E-state index contributed by atoms with van der Waals surface area (Å²) in [7, 11) is -18.7. The van der Waals surface area contributed by atoms with Crippen LogP contribution in [0.25, 0.3) is 10.8 Å². The van der Waals surface area contributed by atoms with Crippen LogP contribution in [0, 0.1) is 0 Å². The summed E-state index contributed by atoms with van der Waals surface area (Å²) in [6.07, 6.45) is 0. The fourth-order valence-corrected chi connectivity index (χ4v) is 9.91. The summed E-state index contributed by atoms with van der Waals surface area (Å²) in [5.41, 5.74) is 0. The van der Waals surface area contributed by atoms with Gasteiger partial charge in [-0.3, -0.25) is 0 Å². The maximum absolute atomic E-state index is 13.1. The number of halogens is 2. The molecule has 0 spiro atoms. The van der Waals surface area contributed by atoms with Crippen LogP contribution < -0.4 is 8.25 Å². The molecule has 0 saturated heterocycles. The number of rotatable bonds is 8. The zero-order valence-electron chi connectivity index (χ0n) is 18.7. The van der Waals surface area contributed by atoms with Gasteiger partial charge < -0.3 is 0 Å². The summed E-state index contributed by atoms with van der Waals surface area (Å²) in [5, 5.41) is 0.138. The minimum atomic E-state index is -4.76. The van der Waals surface area contributed by atoms with E-state index in [0.29, 0.717) is 0 Å². The first-order valence-corrected chi connectivity index (χ1v) is 16.9. The lowest BCUT2D eigenvalue weighted by molar-refractivity contribution is 0.573. The molecule has 4 aromatic rings. The Morgan fingerprint density at radius 3 is 1.05 bits per heavy atom. The Kier molecular flexibility index (Phi) is 7.64. The van der Waals surface area contributed by atoms with Gasteiger partial charge in [-0.1, -0.05) is 47.5 Å². The Bertz CT molecular complexity index is 1830. The van der Waals surface area contributed by atoms with Gasteiger partial charge in [-0.15, -0.1) is 8.25 Å². The monoisotopic (exact) mass is 634 g/mol. The number of fused-ring (bicyclic) bond motifs is 1. The van der Waals surface area contributed by atoms with E-state index in [-0.39, 0.29) is 30.6 Å². The summed E-state index contributed by atoms with van der Waals surface area (Å²) < 4.78 is 106. The second-order valence-corrected chi connectivity index (χ2v) is 15.8. The molecule has 16 heteroatoms. The van der Waals surface area contributed by atoms with Crippen molar-refractivity contribution in [2.24, 2.45) is 0 Å². The average Bonchev–Trinajstić information content (AvgIpc) is 2.82. The molecule has 10 nitrogen and oxygen atoms in total. The molecule has 38 heavy (non-hydrogen) atoms. The molecule has 0 fully saturated rings. The van der Waals surface area contributed by atoms with Crippen LogP contribution in [-0.2, 0) is 40.1 Å². The standard InChI is InChI=1S/C22H16Cl2N2O8S4/c23-15-7-11-17(12-8-15)35(27,28)25-37(31,32)21-5-1-3-19-20(21)4-2-6-22(19)38(33,34)26-36(29,30)18-13-9-16(24)10-14-18/h1-14,25-26H. The number of benzene rings is 4. The molecule has 0 atom stereocenters. The molecule has 0 amide bonds. The molecule has 0 aliphatic rings. The van der Waals surface area contributed by atoms with Crippen molar-refractivity contribution in [1.29, 1.82) is 0 Å². The Hall–Kier alpha value is -2.56. The fourth-order valence-electron chi connectivity index (χ4n) is 3.42. The largest absolute Gasteiger partial charge is 0.254 e. The van der Waals surface area contributed by atoms with Crippen molar-refractivity contribution < 1.29 is 33.7 Å². The van der Waals surface area contributed by atoms with E-state index in [1.54, 1.807) is 8.25 Å². The normalized spacial score (nSPS) is 13.0. The van der Waals surface area contributed by atoms with E-state index in [4.69, 9.17) is 23.2 Å². The molecular weight excluding hydrogens is 619 g/mol. The van der Waals surface area contributed by atoms with Crippen LogP contribution in [0.1, 0.15) is 0 Å². The van der Waals surface area contributed by atoms with Gasteiger partial charge in [0.1, 0.15) is 0 Å². The van der Waals surface area contributed by atoms with Crippen LogP contribution in [0.5, 0.6) is 0 Å². The van der Waals surface area contributed by atoms with Crippen LogP contribution in [0.15, 0.2) is 105 Å². The molecule has 0 saturated carbocycles. The highest BCUT2D eigenvalue weighted by atomic mass is 35.5. The van der Waals surface area contributed by atoms with Crippen LogP contribution in [-0.4, -0.2) is 33.7 Å². The van der Waals surface area contributed by atoms with Crippen LogP contribution in [0.2, 0.25) is 10.0 Å². The predicted molar refractivity (Wildman–Crippen MR) is 142 cm³/mol. The van der Waals surface area contributed by atoms with Crippen molar-refractivity contribution in [3.05, 3.63) is 95.0 Å². The van der Waals surface area contributed by atoms with E-state index in [1.807, 2.05) is 0 Å². The minimum Gasteiger partial charge on any atom is -0.206 e. The van der Waals surface area contributed by atoms with Gasteiger partial charge in [-0.25, -0.2) is 33.7 Å². The lowest BCUT2D eigenvalue weighted by Crippen LogP contribution is -2.31. The van der Waals surface area contributed by atoms with Gasteiger partial charge in [0.2, 0.25) is 0 Å². The van der Waals surface area contributed by atoms with Crippen molar-refractivity contribution in [3.63, 3.8) is 0 Å². The van der Waals surface area contributed by atoms with Gasteiger partial charge in [0.05, 0.1) is 19.6 Å². The lowest BCUT2D eigenvalue weighted by Gasteiger charge is -2.13. The molecule has 2 N–H and O–H groups in total. The fraction of sp³-hybridized carbons (Fsp3) is 0. The quantitative estimate of drug-likeness (QED) is 0.298. The maximum atomic E-state index is 13.1. The van der Waals surface area contributed by atoms with Gasteiger partial charge in [0.15, 0.2) is 0 Å². The second-order valence-electron chi connectivity index (χ2n) is 7.70. The lowest BCUT2D eigenvalue weighted by atomic mass is 10.1. The molecule has 4 rings (SSSR count). The molecule has 0 heterocycles. The minimum absolute atomic E-state index is 0.168. The zero-order chi connectivity index (χ0) is 27.9. The van der Waals surface area contributed by atoms with Gasteiger partial charge in [-0.05, 0) is 60.7 Å². The van der Waals surface area contributed by atoms with Crippen molar-refractivity contribution >= 4 is 74.1 Å². The molecule has 0 aliphatic heterocycles. The Labute approximate surface area is 229 Å².